The fraction of sp³-hybridized carbons (Fsp3) is 0.462. The van der Waals surface area contributed by atoms with E-state index in [4.69, 9.17) is 0 Å². The molecule has 2 heteroatoms. The molecule has 0 N–H and O–H groups in total. The van der Waals surface area contributed by atoms with Gasteiger partial charge in [0.05, 0.1) is 6.54 Å². The van der Waals surface area contributed by atoms with Gasteiger partial charge in [0.25, 0.3) is 0 Å². The van der Waals surface area contributed by atoms with Crippen LogP contribution < -0.4 is 0 Å². The number of benzene rings is 1. The van der Waals surface area contributed by atoms with E-state index < -0.39 is 0 Å². The Hall–Kier alpha value is -1.15. The molecule has 0 aliphatic heterocycles. The van der Waals surface area contributed by atoms with Gasteiger partial charge in [-0.1, -0.05) is 30.7 Å². The average Bonchev–Trinajstić information content (AvgIpc) is 2.18. The van der Waals surface area contributed by atoms with E-state index in [9.17, 15) is 4.79 Å². The normalized spacial score (nSPS) is 10.7. The summed E-state index contributed by atoms with van der Waals surface area (Å²) in [6.07, 6.45) is 1.08. The van der Waals surface area contributed by atoms with Crippen molar-refractivity contribution >= 4 is 5.78 Å². The second-order valence-electron chi connectivity index (χ2n) is 4.03. The van der Waals surface area contributed by atoms with E-state index in [1.54, 1.807) is 0 Å². The highest BCUT2D eigenvalue weighted by molar-refractivity contribution is 5.97. The number of carbonyl (C=O) groups excluding carboxylic acids is 1. The third-order valence-electron chi connectivity index (χ3n) is 2.36. The topological polar surface area (TPSA) is 20.3 Å². The summed E-state index contributed by atoms with van der Waals surface area (Å²) in [5, 5.41) is 0. The lowest BCUT2D eigenvalue weighted by atomic mass is 10.1. The maximum atomic E-state index is 11.8. The Morgan fingerprint density at radius 2 is 2.13 bits per heavy atom. The third kappa shape index (κ3) is 3.84. The van der Waals surface area contributed by atoms with E-state index in [-0.39, 0.29) is 5.78 Å². The molecular weight excluding hydrogens is 186 g/mol. The number of hydrogen-bond donors (Lipinski definition) is 0. The Morgan fingerprint density at radius 3 is 2.73 bits per heavy atom. The second-order valence-corrected chi connectivity index (χ2v) is 4.03. The largest absolute Gasteiger partial charge is 0.299 e. The molecule has 2 nitrogen and oxygen atoms in total. The van der Waals surface area contributed by atoms with Crippen LogP contribution in [-0.4, -0.2) is 30.8 Å². The smallest absolute Gasteiger partial charge is 0.176 e. The van der Waals surface area contributed by atoms with Crippen molar-refractivity contribution in [2.45, 2.75) is 20.3 Å². The zero-order valence-corrected chi connectivity index (χ0v) is 9.79. The van der Waals surface area contributed by atoms with Crippen LogP contribution in [0.4, 0.5) is 0 Å². The molecular formula is C13H19NO. The van der Waals surface area contributed by atoms with E-state index in [1.807, 2.05) is 38.2 Å². The summed E-state index contributed by atoms with van der Waals surface area (Å²) < 4.78 is 0. The Balaban J connectivity index is 2.61. The number of Topliss-reactive ketones (excluding diaryl/α,β-unsaturated/α-hetero) is 1. The summed E-state index contributed by atoms with van der Waals surface area (Å²) in [4.78, 5) is 13.9. The summed E-state index contributed by atoms with van der Waals surface area (Å²) in [5.41, 5.74) is 1.96. The monoisotopic (exact) mass is 205 g/mol. The van der Waals surface area contributed by atoms with E-state index in [2.05, 4.69) is 11.8 Å². The Bertz CT molecular complexity index is 333. The van der Waals surface area contributed by atoms with Gasteiger partial charge in [-0.25, -0.2) is 0 Å². The van der Waals surface area contributed by atoms with Crippen LogP contribution in [0, 0.1) is 6.92 Å². The van der Waals surface area contributed by atoms with Gasteiger partial charge in [-0.15, -0.1) is 0 Å². The molecule has 0 saturated carbocycles. The van der Waals surface area contributed by atoms with Gasteiger partial charge in [0, 0.05) is 5.56 Å². The molecule has 0 aliphatic carbocycles. The molecule has 0 saturated heterocycles. The molecule has 15 heavy (non-hydrogen) atoms. The van der Waals surface area contributed by atoms with Gasteiger partial charge in [-0.05, 0) is 33.0 Å². The maximum absolute atomic E-state index is 11.8. The molecule has 0 aliphatic rings. The minimum Gasteiger partial charge on any atom is -0.299 e. The van der Waals surface area contributed by atoms with Crippen molar-refractivity contribution in [3.8, 4) is 0 Å². The molecule has 0 bridgehead atoms. The first-order valence-corrected chi connectivity index (χ1v) is 5.42. The average molecular weight is 205 g/mol. The van der Waals surface area contributed by atoms with E-state index in [0.29, 0.717) is 6.54 Å². The summed E-state index contributed by atoms with van der Waals surface area (Å²) >= 11 is 0. The first kappa shape index (κ1) is 11.9. The van der Waals surface area contributed by atoms with Crippen LogP contribution in [0.1, 0.15) is 29.3 Å². The lowest BCUT2D eigenvalue weighted by Crippen LogP contribution is -2.26. The number of carbonyl (C=O) groups is 1. The summed E-state index contributed by atoms with van der Waals surface area (Å²) in [6, 6.07) is 7.77. The van der Waals surface area contributed by atoms with Gasteiger partial charge in [0.1, 0.15) is 0 Å². The number of likely N-dealkylation sites (N-methyl/N-ethyl adjacent to an activating group) is 1. The number of rotatable bonds is 5. The highest BCUT2D eigenvalue weighted by Gasteiger charge is 2.08. The third-order valence-corrected chi connectivity index (χ3v) is 2.36. The van der Waals surface area contributed by atoms with E-state index in [0.717, 1.165) is 24.1 Å². The Labute approximate surface area is 91.9 Å². The predicted molar refractivity (Wildman–Crippen MR) is 63.3 cm³/mol. The number of hydrogen-bond acceptors (Lipinski definition) is 2. The predicted octanol–water partition coefficient (Wildman–Crippen LogP) is 2.52. The molecule has 1 aromatic rings. The van der Waals surface area contributed by atoms with Gasteiger partial charge < -0.3 is 0 Å². The molecule has 0 unspecified atom stereocenters. The molecule has 0 aromatic heterocycles. The van der Waals surface area contributed by atoms with Crippen LogP contribution in [0.2, 0.25) is 0 Å². The zero-order chi connectivity index (χ0) is 11.3. The van der Waals surface area contributed by atoms with Crippen LogP contribution in [0.3, 0.4) is 0 Å². The second kappa shape index (κ2) is 5.66. The summed E-state index contributed by atoms with van der Waals surface area (Å²) in [5.74, 6) is 0.203. The molecule has 0 spiro atoms. The van der Waals surface area contributed by atoms with E-state index in [1.165, 1.54) is 0 Å². The van der Waals surface area contributed by atoms with Crippen LogP contribution in [0.5, 0.6) is 0 Å². The zero-order valence-electron chi connectivity index (χ0n) is 9.79. The highest BCUT2D eigenvalue weighted by atomic mass is 16.1. The van der Waals surface area contributed by atoms with Crippen LogP contribution in [0.25, 0.3) is 0 Å². The van der Waals surface area contributed by atoms with Crippen molar-refractivity contribution in [1.82, 2.24) is 4.90 Å². The summed E-state index contributed by atoms with van der Waals surface area (Å²) in [6.45, 7) is 5.61. The summed E-state index contributed by atoms with van der Waals surface area (Å²) in [7, 11) is 1.98. The molecule has 0 amide bonds. The standard InChI is InChI=1S/C13H19NO/c1-4-8-14(3)10-13(15)12-7-5-6-11(2)9-12/h5-7,9H,4,8,10H2,1-3H3. The maximum Gasteiger partial charge on any atom is 0.176 e. The van der Waals surface area contributed by atoms with Crippen molar-refractivity contribution in [1.29, 1.82) is 0 Å². The molecule has 82 valence electrons. The van der Waals surface area contributed by atoms with Gasteiger partial charge in [0.15, 0.2) is 5.78 Å². The lowest BCUT2D eigenvalue weighted by Gasteiger charge is -2.14. The molecule has 0 heterocycles. The number of aryl methyl sites for hydroxylation is 1. The SMILES string of the molecule is CCCN(C)CC(=O)c1cccc(C)c1. The number of ketones is 1. The quantitative estimate of drug-likeness (QED) is 0.688. The van der Waals surface area contributed by atoms with Crippen molar-refractivity contribution in [2.24, 2.45) is 0 Å². The molecule has 0 atom stereocenters. The molecule has 1 rings (SSSR count). The fourth-order valence-corrected chi connectivity index (χ4v) is 1.62. The number of nitrogens with zero attached hydrogens (tertiary/aromatic N) is 1. The van der Waals surface area contributed by atoms with Gasteiger partial charge in [-0.2, -0.15) is 0 Å². The van der Waals surface area contributed by atoms with Crippen molar-refractivity contribution in [3.63, 3.8) is 0 Å². The van der Waals surface area contributed by atoms with Gasteiger partial charge in [0.2, 0.25) is 0 Å². The van der Waals surface area contributed by atoms with Crippen LogP contribution in [-0.2, 0) is 0 Å². The first-order valence-electron chi connectivity index (χ1n) is 5.42. The molecule has 0 radical (unpaired) electrons. The van der Waals surface area contributed by atoms with Crippen molar-refractivity contribution in [2.75, 3.05) is 20.1 Å². The van der Waals surface area contributed by atoms with Crippen LogP contribution in [0.15, 0.2) is 24.3 Å². The van der Waals surface area contributed by atoms with Crippen molar-refractivity contribution in [3.05, 3.63) is 35.4 Å². The van der Waals surface area contributed by atoms with Crippen LogP contribution >= 0.6 is 0 Å². The van der Waals surface area contributed by atoms with E-state index >= 15 is 0 Å². The first-order chi connectivity index (χ1) is 7.13. The van der Waals surface area contributed by atoms with Gasteiger partial charge in [-0.3, -0.25) is 9.69 Å². The highest BCUT2D eigenvalue weighted by Crippen LogP contribution is 2.05. The van der Waals surface area contributed by atoms with Crippen molar-refractivity contribution < 1.29 is 4.79 Å². The fourth-order valence-electron chi connectivity index (χ4n) is 1.62. The minimum absolute atomic E-state index is 0.203. The minimum atomic E-state index is 0.203. The lowest BCUT2D eigenvalue weighted by molar-refractivity contribution is 0.0946. The molecule has 1 aromatic carbocycles. The Morgan fingerprint density at radius 1 is 1.40 bits per heavy atom. The van der Waals surface area contributed by atoms with Gasteiger partial charge >= 0.3 is 0 Å². The molecule has 0 fully saturated rings. The Kier molecular flexibility index (Phi) is 4.50.